The van der Waals surface area contributed by atoms with E-state index >= 15 is 0 Å². The second kappa shape index (κ2) is 7.69. The second-order valence-electron chi connectivity index (χ2n) is 7.44. The molecule has 0 radical (unpaired) electrons. The quantitative estimate of drug-likeness (QED) is 0.805. The number of carbonyl (C=O) groups is 1. The molecule has 2 aromatic rings. The van der Waals surface area contributed by atoms with E-state index < -0.39 is 5.41 Å². The third-order valence-electron chi connectivity index (χ3n) is 5.37. The van der Waals surface area contributed by atoms with Gasteiger partial charge >= 0.3 is 0 Å². The van der Waals surface area contributed by atoms with Crippen LogP contribution in [0, 0.1) is 5.41 Å². The Labute approximate surface area is 164 Å². The Morgan fingerprint density at radius 3 is 2.74 bits per heavy atom. The molecule has 0 saturated carbocycles. The van der Waals surface area contributed by atoms with Crippen molar-refractivity contribution in [1.82, 2.24) is 15.3 Å². The highest BCUT2D eigenvalue weighted by atomic mass is 35.5. The Morgan fingerprint density at radius 2 is 2.07 bits per heavy atom. The fraction of sp³-hybridized carbons (Fsp3) is 0.381. The van der Waals surface area contributed by atoms with Crippen LogP contribution in [0.5, 0.6) is 0 Å². The number of anilines is 1. The average molecular weight is 383 g/mol. The first-order chi connectivity index (χ1) is 13.1. The number of allylic oxidation sites excluding steroid dienone is 1. The monoisotopic (exact) mass is 382 g/mol. The van der Waals surface area contributed by atoms with Crippen molar-refractivity contribution in [3.8, 4) is 0 Å². The number of carbonyl (C=O) groups excluding carboxylic acids is 1. The maximum atomic E-state index is 13.2. The van der Waals surface area contributed by atoms with Gasteiger partial charge in [0.25, 0.3) is 0 Å². The van der Waals surface area contributed by atoms with Crippen molar-refractivity contribution in [2.45, 2.75) is 31.7 Å². The van der Waals surface area contributed by atoms with Crippen molar-refractivity contribution in [1.29, 1.82) is 0 Å². The van der Waals surface area contributed by atoms with Gasteiger partial charge in [0, 0.05) is 36.5 Å². The lowest BCUT2D eigenvalue weighted by molar-refractivity contribution is -0.133. The lowest BCUT2D eigenvalue weighted by Gasteiger charge is -2.50. The molecule has 0 bridgehead atoms. The van der Waals surface area contributed by atoms with Crippen LogP contribution < -0.4 is 10.2 Å². The van der Waals surface area contributed by atoms with Gasteiger partial charge in [-0.1, -0.05) is 35.9 Å². The first-order valence-electron chi connectivity index (χ1n) is 9.38. The zero-order chi connectivity index (χ0) is 18.7. The van der Waals surface area contributed by atoms with Crippen molar-refractivity contribution in [2.75, 3.05) is 18.0 Å². The molecule has 6 heteroatoms. The predicted molar refractivity (Wildman–Crippen MR) is 107 cm³/mol. The summed E-state index contributed by atoms with van der Waals surface area (Å²) in [6.45, 7) is 1.27. The number of amides is 1. The number of hydrogen-bond donors (Lipinski definition) is 1. The van der Waals surface area contributed by atoms with E-state index in [2.05, 4.69) is 32.3 Å². The normalized spacial score (nSPS) is 20.8. The highest BCUT2D eigenvalue weighted by Crippen LogP contribution is 2.37. The smallest absolute Gasteiger partial charge is 0.230 e. The van der Waals surface area contributed by atoms with E-state index in [4.69, 9.17) is 11.6 Å². The Balaban J connectivity index is 1.52. The topological polar surface area (TPSA) is 58.1 Å². The number of rotatable bonds is 5. The van der Waals surface area contributed by atoms with E-state index in [1.165, 1.54) is 0 Å². The molecule has 1 amide bonds. The highest BCUT2D eigenvalue weighted by Gasteiger charge is 2.50. The van der Waals surface area contributed by atoms with Crippen LogP contribution in [0.15, 0.2) is 55.0 Å². The summed E-state index contributed by atoms with van der Waals surface area (Å²) in [5, 5.41) is 3.96. The molecule has 2 aliphatic rings. The molecule has 1 aliphatic carbocycles. The van der Waals surface area contributed by atoms with Gasteiger partial charge in [0.2, 0.25) is 5.91 Å². The molecule has 1 aromatic heterocycles. The van der Waals surface area contributed by atoms with Gasteiger partial charge in [-0.15, -0.1) is 0 Å². The van der Waals surface area contributed by atoms with E-state index in [-0.39, 0.29) is 11.9 Å². The summed E-state index contributed by atoms with van der Waals surface area (Å²) in [7, 11) is 0. The summed E-state index contributed by atoms with van der Waals surface area (Å²) >= 11 is 6.02. The van der Waals surface area contributed by atoms with Gasteiger partial charge in [0.15, 0.2) is 0 Å². The standard InChI is InChI=1S/C21H23ClN4O/c22-17-8-6-16(7-9-17)12-21(20(27)25-18-4-2-1-3-5-18)14-26(15-21)19-13-23-10-11-24-19/h2,4,6-11,13,18H,1,3,5,12,14-15H2,(H,25,27). The SMILES string of the molecule is O=C(NC1C=CCCC1)C1(Cc2ccc(Cl)cc2)CN(c2cnccn2)C1. The van der Waals surface area contributed by atoms with Crippen LogP contribution in [0.25, 0.3) is 0 Å². The van der Waals surface area contributed by atoms with E-state index in [9.17, 15) is 4.79 Å². The van der Waals surface area contributed by atoms with E-state index in [1.54, 1.807) is 18.6 Å². The number of hydrogen-bond acceptors (Lipinski definition) is 4. The highest BCUT2D eigenvalue weighted by molar-refractivity contribution is 6.30. The van der Waals surface area contributed by atoms with Gasteiger partial charge < -0.3 is 10.2 Å². The Hall–Kier alpha value is -2.40. The maximum Gasteiger partial charge on any atom is 0.230 e. The zero-order valence-corrected chi connectivity index (χ0v) is 15.9. The molecule has 1 unspecified atom stereocenters. The predicted octanol–water partition coefficient (Wildman–Crippen LogP) is 3.40. The molecule has 2 heterocycles. The number of benzene rings is 1. The molecule has 1 atom stereocenters. The minimum atomic E-state index is -0.462. The molecular weight excluding hydrogens is 360 g/mol. The van der Waals surface area contributed by atoms with E-state index in [0.29, 0.717) is 24.5 Å². The van der Waals surface area contributed by atoms with Gasteiger partial charge in [-0.2, -0.15) is 0 Å². The first-order valence-corrected chi connectivity index (χ1v) is 9.75. The van der Waals surface area contributed by atoms with Gasteiger partial charge in [-0.05, 0) is 43.4 Å². The van der Waals surface area contributed by atoms with Crippen LogP contribution in [0.1, 0.15) is 24.8 Å². The largest absolute Gasteiger partial charge is 0.353 e. The Morgan fingerprint density at radius 1 is 1.26 bits per heavy atom. The Bertz CT molecular complexity index is 816. The molecule has 4 rings (SSSR count). The first kappa shape index (κ1) is 18.0. The van der Waals surface area contributed by atoms with Gasteiger partial charge in [-0.25, -0.2) is 4.98 Å². The lowest BCUT2D eigenvalue weighted by Crippen LogP contribution is -2.65. The summed E-state index contributed by atoms with van der Waals surface area (Å²) in [5.41, 5.74) is 0.656. The number of halogens is 1. The molecule has 1 fully saturated rings. The summed E-state index contributed by atoms with van der Waals surface area (Å²) in [6, 6.07) is 7.90. The molecule has 1 saturated heterocycles. The summed E-state index contributed by atoms with van der Waals surface area (Å²) in [6.07, 6.45) is 13.3. The molecule has 27 heavy (non-hydrogen) atoms. The van der Waals surface area contributed by atoms with Gasteiger partial charge in [0.1, 0.15) is 5.82 Å². The van der Waals surface area contributed by atoms with Crippen LogP contribution >= 0.6 is 11.6 Å². The summed E-state index contributed by atoms with van der Waals surface area (Å²) in [5.74, 6) is 0.934. The van der Waals surface area contributed by atoms with Crippen molar-refractivity contribution < 1.29 is 4.79 Å². The molecule has 0 spiro atoms. The minimum Gasteiger partial charge on any atom is -0.353 e. The number of nitrogens with zero attached hydrogens (tertiary/aromatic N) is 3. The number of nitrogens with one attached hydrogen (secondary N) is 1. The van der Waals surface area contributed by atoms with Crippen molar-refractivity contribution in [3.63, 3.8) is 0 Å². The third kappa shape index (κ3) is 3.98. The van der Waals surface area contributed by atoms with Crippen molar-refractivity contribution in [2.24, 2.45) is 5.41 Å². The van der Waals surface area contributed by atoms with Crippen molar-refractivity contribution >= 4 is 23.3 Å². The molecule has 1 aromatic carbocycles. The van der Waals surface area contributed by atoms with E-state index in [0.717, 1.165) is 30.6 Å². The molecule has 1 N–H and O–H groups in total. The van der Waals surface area contributed by atoms with Crippen LogP contribution in [-0.2, 0) is 11.2 Å². The van der Waals surface area contributed by atoms with Gasteiger partial charge in [-0.3, -0.25) is 9.78 Å². The van der Waals surface area contributed by atoms with Crippen LogP contribution in [0.2, 0.25) is 5.02 Å². The molecule has 1 aliphatic heterocycles. The van der Waals surface area contributed by atoms with Crippen LogP contribution in [0.4, 0.5) is 5.82 Å². The van der Waals surface area contributed by atoms with Gasteiger partial charge in [0.05, 0.1) is 11.6 Å². The van der Waals surface area contributed by atoms with Crippen LogP contribution in [-0.4, -0.2) is 35.0 Å². The minimum absolute atomic E-state index is 0.120. The molecule has 5 nitrogen and oxygen atoms in total. The van der Waals surface area contributed by atoms with Crippen molar-refractivity contribution in [3.05, 3.63) is 65.6 Å². The second-order valence-corrected chi connectivity index (χ2v) is 7.88. The van der Waals surface area contributed by atoms with E-state index in [1.807, 2.05) is 24.3 Å². The summed E-state index contributed by atoms with van der Waals surface area (Å²) < 4.78 is 0. The fourth-order valence-electron chi connectivity index (χ4n) is 3.88. The molecule has 140 valence electrons. The zero-order valence-electron chi connectivity index (χ0n) is 15.1. The Kier molecular flexibility index (Phi) is 5.12. The third-order valence-corrected chi connectivity index (χ3v) is 5.62. The average Bonchev–Trinajstić information content (AvgIpc) is 2.67. The number of aromatic nitrogens is 2. The summed E-state index contributed by atoms with van der Waals surface area (Å²) in [4.78, 5) is 23.8. The fourth-order valence-corrected chi connectivity index (χ4v) is 4.01. The molecular formula is C21H23ClN4O. The van der Waals surface area contributed by atoms with Crippen LogP contribution in [0.3, 0.4) is 0 Å². The lowest BCUT2D eigenvalue weighted by atomic mass is 9.73. The maximum absolute atomic E-state index is 13.2.